The highest BCUT2D eigenvalue weighted by Crippen LogP contribution is 2.28. The lowest BCUT2D eigenvalue weighted by atomic mass is 10.1. The summed E-state index contributed by atoms with van der Waals surface area (Å²) in [6.07, 6.45) is 0.596. The van der Waals surface area contributed by atoms with Crippen LogP contribution in [0.5, 0.6) is 11.5 Å². The van der Waals surface area contributed by atoms with Crippen molar-refractivity contribution in [3.05, 3.63) is 23.3 Å². The third kappa shape index (κ3) is 3.91. The van der Waals surface area contributed by atoms with E-state index in [4.69, 9.17) is 9.47 Å². The summed E-state index contributed by atoms with van der Waals surface area (Å²) < 4.78 is 33.4. The summed E-state index contributed by atoms with van der Waals surface area (Å²) in [6, 6.07) is 3.30. The summed E-state index contributed by atoms with van der Waals surface area (Å²) >= 11 is 0. The van der Waals surface area contributed by atoms with Gasteiger partial charge >= 0.3 is 0 Å². The zero-order valence-corrected chi connectivity index (χ0v) is 13.8. The predicted octanol–water partition coefficient (Wildman–Crippen LogP) is 0.858. The Kier molecular flexibility index (Phi) is 4.95. The molecule has 1 aromatic rings. The van der Waals surface area contributed by atoms with Gasteiger partial charge in [0.05, 0.1) is 32.1 Å². The van der Waals surface area contributed by atoms with Gasteiger partial charge in [0, 0.05) is 11.6 Å². The van der Waals surface area contributed by atoms with E-state index in [-0.39, 0.29) is 29.9 Å². The third-order valence-corrected chi connectivity index (χ3v) is 5.51. The molecule has 22 heavy (non-hydrogen) atoms. The fourth-order valence-corrected chi connectivity index (χ4v) is 4.29. The minimum absolute atomic E-state index is 0.0209. The minimum atomic E-state index is -3.00. The molecule has 0 aromatic heterocycles. The lowest BCUT2D eigenvalue weighted by Gasteiger charge is -2.14. The van der Waals surface area contributed by atoms with E-state index in [1.165, 1.54) is 0 Å². The van der Waals surface area contributed by atoms with Crippen LogP contribution >= 0.6 is 0 Å². The number of carbonyl (C=O) groups excluding carboxylic acids is 1. The fourth-order valence-electron chi connectivity index (χ4n) is 2.61. The molecule has 1 fully saturated rings. The van der Waals surface area contributed by atoms with Gasteiger partial charge in [-0.05, 0) is 31.0 Å². The Morgan fingerprint density at radius 2 is 1.95 bits per heavy atom. The molecule has 1 unspecified atom stereocenters. The molecule has 0 saturated carbocycles. The third-order valence-electron chi connectivity index (χ3n) is 3.75. The lowest BCUT2D eigenvalue weighted by molar-refractivity contribution is -0.121. The molecule has 0 aliphatic carbocycles. The lowest BCUT2D eigenvalue weighted by Crippen LogP contribution is -2.36. The van der Waals surface area contributed by atoms with Gasteiger partial charge in [-0.1, -0.05) is 0 Å². The molecule has 1 amide bonds. The molecule has 122 valence electrons. The Balaban J connectivity index is 2.08. The van der Waals surface area contributed by atoms with Crippen LogP contribution in [0.1, 0.15) is 17.5 Å². The largest absolute Gasteiger partial charge is 0.496 e. The topological polar surface area (TPSA) is 81.7 Å². The van der Waals surface area contributed by atoms with E-state index in [1.807, 2.05) is 13.0 Å². The van der Waals surface area contributed by atoms with Crippen molar-refractivity contribution in [1.82, 2.24) is 5.32 Å². The fraction of sp³-hybridized carbons (Fsp3) is 0.533. The summed E-state index contributed by atoms with van der Waals surface area (Å²) in [7, 11) is 0.117. The van der Waals surface area contributed by atoms with E-state index >= 15 is 0 Å². The second-order valence-electron chi connectivity index (χ2n) is 5.48. The molecule has 1 N–H and O–H groups in total. The van der Waals surface area contributed by atoms with E-state index in [0.29, 0.717) is 23.5 Å². The molecule has 1 atom stereocenters. The number of sulfone groups is 1. The van der Waals surface area contributed by atoms with Crippen LogP contribution in [0.2, 0.25) is 0 Å². The van der Waals surface area contributed by atoms with Crippen molar-refractivity contribution in [3.8, 4) is 11.5 Å². The van der Waals surface area contributed by atoms with Gasteiger partial charge in [-0.25, -0.2) is 8.42 Å². The summed E-state index contributed by atoms with van der Waals surface area (Å²) in [4.78, 5) is 12.1. The van der Waals surface area contributed by atoms with E-state index in [2.05, 4.69) is 5.32 Å². The van der Waals surface area contributed by atoms with Crippen molar-refractivity contribution in [3.63, 3.8) is 0 Å². The van der Waals surface area contributed by atoms with Crippen molar-refractivity contribution in [2.75, 3.05) is 25.7 Å². The summed E-state index contributed by atoms with van der Waals surface area (Å²) in [6.45, 7) is 1.90. The zero-order chi connectivity index (χ0) is 16.3. The Bertz CT molecular complexity index is 669. The number of ether oxygens (including phenoxy) is 2. The molecule has 1 saturated heterocycles. The van der Waals surface area contributed by atoms with Gasteiger partial charge in [0.15, 0.2) is 9.84 Å². The van der Waals surface area contributed by atoms with Crippen LogP contribution in [0.3, 0.4) is 0 Å². The van der Waals surface area contributed by atoms with E-state index in [1.54, 1.807) is 20.3 Å². The van der Waals surface area contributed by atoms with Crippen LogP contribution in [0, 0.1) is 6.92 Å². The Hall–Kier alpha value is -1.76. The van der Waals surface area contributed by atoms with Gasteiger partial charge in [-0.15, -0.1) is 0 Å². The number of methoxy groups -OCH3 is 2. The Morgan fingerprint density at radius 3 is 2.50 bits per heavy atom. The molecular formula is C15H21NO5S. The number of nitrogens with one attached hydrogen (secondary N) is 1. The highest BCUT2D eigenvalue weighted by molar-refractivity contribution is 7.91. The molecule has 1 aliphatic heterocycles. The molecule has 2 rings (SSSR count). The van der Waals surface area contributed by atoms with Gasteiger partial charge in [0.1, 0.15) is 11.5 Å². The zero-order valence-electron chi connectivity index (χ0n) is 13.0. The van der Waals surface area contributed by atoms with Crippen molar-refractivity contribution < 1.29 is 22.7 Å². The van der Waals surface area contributed by atoms with Gasteiger partial charge in [-0.2, -0.15) is 0 Å². The van der Waals surface area contributed by atoms with Gasteiger partial charge < -0.3 is 14.8 Å². The van der Waals surface area contributed by atoms with E-state index < -0.39 is 9.84 Å². The van der Waals surface area contributed by atoms with Gasteiger partial charge in [-0.3, -0.25) is 4.79 Å². The molecule has 1 heterocycles. The number of aryl methyl sites for hydroxylation is 1. The second-order valence-corrected chi connectivity index (χ2v) is 7.71. The standard InChI is InChI=1S/C15H21NO5S/c1-10-6-14(21-3)11(7-13(10)20-2)8-15(17)16-12-4-5-22(18,19)9-12/h6-7,12H,4-5,8-9H2,1-3H3,(H,16,17). The van der Waals surface area contributed by atoms with Crippen LogP contribution in [0.15, 0.2) is 12.1 Å². The molecule has 0 bridgehead atoms. The maximum absolute atomic E-state index is 12.1. The summed E-state index contributed by atoms with van der Waals surface area (Å²) in [5.41, 5.74) is 1.63. The number of rotatable bonds is 5. The normalized spacial score (nSPS) is 19.7. The molecule has 7 heteroatoms. The summed E-state index contributed by atoms with van der Waals surface area (Å²) in [5.74, 6) is 1.25. The van der Waals surface area contributed by atoms with Gasteiger partial charge in [0.25, 0.3) is 0 Å². The van der Waals surface area contributed by atoms with Crippen molar-refractivity contribution in [2.45, 2.75) is 25.8 Å². The Labute approximate surface area is 130 Å². The molecule has 1 aromatic carbocycles. The average Bonchev–Trinajstić information content (AvgIpc) is 2.79. The first-order valence-corrected chi connectivity index (χ1v) is 8.88. The van der Waals surface area contributed by atoms with Crippen molar-refractivity contribution in [1.29, 1.82) is 0 Å². The first-order valence-electron chi connectivity index (χ1n) is 7.06. The second kappa shape index (κ2) is 6.56. The van der Waals surface area contributed by atoms with E-state index in [9.17, 15) is 13.2 Å². The Morgan fingerprint density at radius 1 is 1.27 bits per heavy atom. The van der Waals surface area contributed by atoms with Crippen LogP contribution < -0.4 is 14.8 Å². The average molecular weight is 327 g/mol. The highest BCUT2D eigenvalue weighted by Gasteiger charge is 2.29. The van der Waals surface area contributed by atoms with Crippen molar-refractivity contribution >= 4 is 15.7 Å². The van der Waals surface area contributed by atoms with Gasteiger partial charge in [0.2, 0.25) is 5.91 Å². The predicted molar refractivity (Wildman–Crippen MR) is 83.2 cm³/mol. The first-order chi connectivity index (χ1) is 10.3. The monoisotopic (exact) mass is 327 g/mol. The maximum Gasteiger partial charge on any atom is 0.224 e. The van der Waals surface area contributed by atoms with E-state index in [0.717, 1.165) is 5.56 Å². The smallest absolute Gasteiger partial charge is 0.224 e. The molecule has 0 spiro atoms. The highest BCUT2D eigenvalue weighted by atomic mass is 32.2. The number of hydrogen-bond donors (Lipinski definition) is 1. The molecule has 0 radical (unpaired) electrons. The first kappa shape index (κ1) is 16.6. The van der Waals surface area contributed by atoms with Crippen LogP contribution in [-0.4, -0.2) is 46.1 Å². The van der Waals surface area contributed by atoms with Crippen molar-refractivity contribution in [2.24, 2.45) is 0 Å². The number of benzene rings is 1. The van der Waals surface area contributed by atoms with Crippen LogP contribution in [0.4, 0.5) is 0 Å². The SMILES string of the molecule is COc1cc(CC(=O)NC2CCS(=O)(=O)C2)c(OC)cc1C. The maximum atomic E-state index is 12.1. The summed E-state index contributed by atoms with van der Waals surface area (Å²) in [5, 5.41) is 2.77. The molecule has 1 aliphatic rings. The molecule has 6 nitrogen and oxygen atoms in total. The molecular weight excluding hydrogens is 306 g/mol. The van der Waals surface area contributed by atoms with Crippen LogP contribution in [0.25, 0.3) is 0 Å². The minimum Gasteiger partial charge on any atom is -0.496 e. The number of hydrogen-bond acceptors (Lipinski definition) is 5. The number of carbonyl (C=O) groups is 1. The number of amides is 1. The van der Waals surface area contributed by atoms with Crippen LogP contribution in [-0.2, 0) is 21.1 Å². The quantitative estimate of drug-likeness (QED) is 0.867.